The maximum absolute atomic E-state index is 7.97. The van der Waals surface area contributed by atoms with E-state index in [1.54, 1.807) is 0 Å². The molecule has 1 saturated carbocycles. The van der Waals surface area contributed by atoms with Crippen LogP contribution in [0.25, 0.3) is 5.57 Å². The van der Waals surface area contributed by atoms with Crippen molar-refractivity contribution in [3.05, 3.63) is 53.4 Å². The minimum atomic E-state index is 0.498. The van der Waals surface area contributed by atoms with Gasteiger partial charge in [0.25, 0.3) is 0 Å². The minimum absolute atomic E-state index is 0.498. The van der Waals surface area contributed by atoms with Crippen molar-refractivity contribution in [1.29, 1.82) is 5.41 Å². The third-order valence-electron chi connectivity index (χ3n) is 5.68. The molecule has 0 saturated heterocycles. The van der Waals surface area contributed by atoms with Gasteiger partial charge in [0.1, 0.15) is 5.75 Å². The standard InChI is InChI=1S/C23H28N4O/c1-15-5-4-6-22(26-15)28-23-19(17(13-24)14-25-18-8-9-18)11-12-21-20(23)10-7-16(2)27(21)3/h4-6,11-14,16,18,24-25H,7-10H2,1-3H3/b17-14+,24-13?. The summed E-state index contributed by atoms with van der Waals surface area (Å²) in [5.74, 6) is 1.41. The Kier molecular flexibility index (Phi) is 5.07. The molecule has 0 spiro atoms. The Morgan fingerprint density at radius 1 is 1.25 bits per heavy atom. The molecule has 1 fully saturated rings. The van der Waals surface area contributed by atoms with Crippen molar-refractivity contribution in [2.75, 3.05) is 11.9 Å². The van der Waals surface area contributed by atoms with E-state index in [1.807, 2.05) is 31.3 Å². The summed E-state index contributed by atoms with van der Waals surface area (Å²) in [6, 6.07) is 11.1. The van der Waals surface area contributed by atoms with Gasteiger partial charge in [-0.1, -0.05) is 6.07 Å². The molecular weight excluding hydrogens is 348 g/mol. The molecule has 2 N–H and O–H groups in total. The Labute approximate surface area is 166 Å². The summed E-state index contributed by atoms with van der Waals surface area (Å²) in [7, 11) is 2.14. The van der Waals surface area contributed by atoms with Gasteiger partial charge in [0, 0.05) is 65.7 Å². The van der Waals surface area contributed by atoms with Crippen LogP contribution < -0.4 is 15.0 Å². The first-order valence-corrected chi connectivity index (χ1v) is 10.0. The fourth-order valence-electron chi connectivity index (χ4n) is 3.65. The van der Waals surface area contributed by atoms with E-state index < -0.39 is 0 Å². The van der Waals surface area contributed by atoms with Gasteiger partial charge in [0.15, 0.2) is 0 Å². The van der Waals surface area contributed by atoms with Crippen LogP contribution in [0.1, 0.15) is 43.0 Å². The van der Waals surface area contributed by atoms with E-state index in [-0.39, 0.29) is 0 Å². The summed E-state index contributed by atoms with van der Waals surface area (Å²) in [6.07, 6.45) is 7.79. The highest BCUT2D eigenvalue weighted by Crippen LogP contribution is 2.42. The molecule has 4 rings (SSSR count). The fourth-order valence-corrected chi connectivity index (χ4v) is 3.65. The SMILES string of the molecule is Cc1cccc(Oc2c(/C(C=N)=C/NC3CC3)ccc3c2CCC(C)N3C)n1. The van der Waals surface area contributed by atoms with Gasteiger partial charge in [-0.25, -0.2) is 4.98 Å². The zero-order valence-corrected chi connectivity index (χ0v) is 16.8. The lowest BCUT2D eigenvalue weighted by atomic mass is 9.92. The van der Waals surface area contributed by atoms with E-state index in [2.05, 4.69) is 41.3 Å². The topological polar surface area (TPSA) is 61.2 Å². The van der Waals surface area contributed by atoms with Crippen molar-refractivity contribution in [3.63, 3.8) is 0 Å². The number of aromatic nitrogens is 1. The molecule has 1 unspecified atom stereocenters. The predicted octanol–water partition coefficient (Wildman–Crippen LogP) is 4.70. The van der Waals surface area contributed by atoms with Gasteiger partial charge in [0.05, 0.1) is 0 Å². The Hall–Kier alpha value is -2.82. The van der Waals surface area contributed by atoms with Crippen LogP contribution in [0, 0.1) is 12.3 Å². The van der Waals surface area contributed by atoms with Crippen LogP contribution in [-0.4, -0.2) is 30.3 Å². The second-order valence-corrected chi connectivity index (χ2v) is 7.84. The average Bonchev–Trinajstić information content (AvgIpc) is 3.51. The summed E-state index contributed by atoms with van der Waals surface area (Å²) in [5, 5.41) is 11.4. The largest absolute Gasteiger partial charge is 0.438 e. The normalized spacial score (nSPS) is 19.2. The lowest BCUT2D eigenvalue weighted by molar-refractivity contribution is 0.449. The summed E-state index contributed by atoms with van der Waals surface area (Å²) in [5.41, 5.74) is 5.09. The maximum Gasteiger partial charge on any atom is 0.219 e. The first kappa shape index (κ1) is 18.5. The molecule has 28 heavy (non-hydrogen) atoms. The molecule has 0 bridgehead atoms. The van der Waals surface area contributed by atoms with Gasteiger partial charge >= 0.3 is 0 Å². The van der Waals surface area contributed by atoms with Crippen molar-refractivity contribution in [3.8, 4) is 11.6 Å². The number of aryl methyl sites for hydroxylation is 1. The Balaban J connectivity index is 1.80. The molecule has 5 nitrogen and oxygen atoms in total. The van der Waals surface area contributed by atoms with Crippen molar-refractivity contribution < 1.29 is 4.74 Å². The molecule has 1 atom stereocenters. The van der Waals surface area contributed by atoms with Crippen LogP contribution >= 0.6 is 0 Å². The predicted molar refractivity (Wildman–Crippen MR) is 115 cm³/mol. The van der Waals surface area contributed by atoms with Crippen LogP contribution in [0.15, 0.2) is 36.5 Å². The molecule has 0 radical (unpaired) electrons. The molecule has 1 aromatic heterocycles. The first-order chi connectivity index (χ1) is 13.6. The number of hydrogen-bond donors (Lipinski definition) is 2. The molecule has 5 heteroatoms. The number of benzene rings is 1. The van der Waals surface area contributed by atoms with E-state index in [0.717, 1.165) is 35.4 Å². The minimum Gasteiger partial charge on any atom is -0.438 e. The molecule has 0 amide bonds. The second kappa shape index (κ2) is 7.66. The highest BCUT2D eigenvalue weighted by molar-refractivity contribution is 6.09. The molecule has 1 aliphatic heterocycles. The fraction of sp³-hybridized carbons (Fsp3) is 0.391. The number of pyridine rings is 1. The van der Waals surface area contributed by atoms with Gasteiger partial charge in [-0.05, 0) is 57.7 Å². The van der Waals surface area contributed by atoms with Crippen LogP contribution in [0.3, 0.4) is 0 Å². The number of rotatable bonds is 6. The van der Waals surface area contributed by atoms with Crippen LogP contribution in [0.4, 0.5) is 5.69 Å². The van der Waals surface area contributed by atoms with Gasteiger partial charge in [-0.3, -0.25) is 0 Å². The molecule has 1 aliphatic carbocycles. The van der Waals surface area contributed by atoms with Crippen molar-refractivity contribution in [2.24, 2.45) is 0 Å². The number of ether oxygens (including phenoxy) is 1. The lowest BCUT2D eigenvalue weighted by Crippen LogP contribution is -2.33. The molecule has 2 aliphatic rings. The van der Waals surface area contributed by atoms with E-state index >= 15 is 0 Å². The van der Waals surface area contributed by atoms with Crippen LogP contribution in [0.5, 0.6) is 11.6 Å². The average molecular weight is 377 g/mol. The van der Waals surface area contributed by atoms with Gasteiger partial charge in [0.2, 0.25) is 5.88 Å². The van der Waals surface area contributed by atoms with Crippen molar-refractivity contribution >= 4 is 17.5 Å². The number of anilines is 1. The number of nitrogens with one attached hydrogen (secondary N) is 2. The van der Waals surface area contributed by atoms with Gasteiger partial charge < -0.3 is 20.4 Å². The number of fused-ring (bicyclic) bond motifs is 1. The summed E-state index contributed by atoms with van der Waals surface area (Å²) >= 11 is 0. The Morgan fingerprint density at radius 3 is 2.79 bits per heavy atom. The monoisotopic (exact) mass is 376 g/mol. The number of hydrogen-bond acceptors (Lipinski definition) is 5. The zero-order valence-electron chi connectivity index (χ0n) is 16.8. The Morgan fingerprint density at radius 2 is 2.07 bits per heavy atom. The molecule has 2 heterocycles. The van der Waals surface area contributed by atoms with E-state index in [1.165, 1.54) is 30.3 Å². The van der Waals surface area contributed by atoms with Crippen LogP contribution in [-0.2, 0) is 6.42 Å². The second-order valence-electron chi connectivity index (χ2n) is 7.84. The molecular formula is C23H28N4O. The van der Waals surface area contributed by atoms with Gasteiger partial charge in [-0.15, -0.1) is 0 Å². The number of allylic oxidation sites excluding steroid dienone is 1. The maximum atomic E-state index is 7.97. The Bertz CT molecular complexity index is 917. The quantitative estimate of drug-likeness (QED) is 0.718. The lowest BCUT2D eigenvalue weighted by Gasteiger charge is -2.35. The van der Waals surface area contributed by atoms with Crippen LogP contribution in [0.2, 0.25) is 0 Å². The smallest absolute Gasteiger partial charge is 0.219 e. The number of nitrogens with zero attached hydrogens (tertiary/aromatic N) is 2. The highest BCUT2D eigenvalue weighted by atomic mass is 16.5. The zero-order chi connectivity index (χ0) is 19.7. The third-order valence-corrected chi connectivity index (χ3v) is 5.68. The van der Waals surface area contributed by atoms with Crippen molar-refractivity contribution in [1.82, 2.24) is 10.3 Å². The molecule has 146 valence electrons. The first-order valence-electron chi connectivity index (χ1n) is 10.0. The molecule has 2 aromatic rings. The third kappa shape index (κ3) is 3.75. The van der Waals surface area contributed by atoms with Gasteiger partial charge in [-0.2, -0.15) is 0 Å². The summed E-state index contributed by atoms with van der Waals surface area (Å²) in [6.45, 7) is 4.22. The summed E-state index contributed by atoms with van der Waals surface area (Å²) < 4.78 is 6.37. The van der Waals surface area contributed by atoms with E-state index in [4.69, 9.17) is 10.1 Å². The van der Waals surface area contributed by atoms with E-state index in [9.17, 15) is 0 Å². The van der Waals surface area contributed by atoms with E-state index in [0.29, 0.717) is 18.0 Å². The summed E-state index contributed by atoms with van der Waals surface area (Å²) in [4.78, 5) is 6.85. The van der Waals surface area contributed by atoms with Crippen molar-refractivity contribution in [2.45, 2.75) is 51.6 Å². The molecule has 1 aromatic carbocycles. The highest BCUT2D eigenvalue weighted by Gasteiger charge is 2.26.